The molecule has 84 valence electrons. The number of terminal acetylenes is 1. The first-order chi connectivity index (χ1) is 7.56. The Hall–Kier alpha value is -1.86. The number of halogens is 1. The molecule has 3 nitrogen and oxygen atoms in total. The van der Waals surface area contributed by atoms with Crippen LogP contribution in [-0.4, -0.2) is 17.6 Å². The van der Waals surface area contributed by atoms with Crippen LogP contribution in [0.1, 0.15) is 17.2 Å². The molecule has 2 N–H and O–H groups in total. The second-order valence-corrected chi connectivity index (χ2v) is 3.36. The van der Waals surface area contributed by atoms with E-state index in [9.17, 15) is 9.18 Å². The maximum Gasteiger partial charge on any atom is 0.325 e. The van der Waals surface area contributed by atoms with Gasteiger partial charge in [-0.15, -0.1) is 6.42 Å². The number of nitrogens with one attached hydrogen (secondary N) is 1. The third-order valence-electron chi connectivity index (χ3n) is 2.17. The molecule has 1 aromatic rings. The van der Waals surface area contributed by atoms with Crippen molar-refractivity contribution in [1.82, 2.24) is 5.32 Å². The molecular formula is C12H12FNO2. The van der Waals surface area contributed by atoms with Gasteiger partial charge in [0, 0.05) is 0 Å². The minimum absolute atomic E-state index is 0.146. The van der Waals surface area contributed by atoms with Crippen LogP contribution in [0.5, 0.6) is 0 Å². The quantitative estimate of drug-likeness (QED) is 0.757. The van der Waals surface area contributed by atoms with E-state index in [1.807, 2.05) is 0 Å². The SMILES string of the molecule is C#CCNC(C(=O)O)c1ccc(F)c(C)c1. The Morgan fingerprint density at radius 1 is 1.69 bits per heavy atom. The number of aliphatic carboxylic acids is 1. The zero-order chi connectivity index (χ0) is 12.1. The van der Waals surface area contributed by atoms with Crippen molar-refractivity contribution in [2.75, 3.05) is 6.54 Å². The molecule has 1 rings (SSSR count). The van der Waals surface area contributed by atoms with Gasteiger partial charge in [-0.05, 0) is 24.1 Å². The molecule has 0 radical (unpaired) electrons. The number of carboxylic acids is 1. The van der Waals surface area contributed by atoms with Gasteiger partial charge in [-0.1, -0.05) is 18.1 Å². The molecule has 0 aliphatic rings. The number of hydrogen-bond acceptors (Lipinski definition) is 2. The van der Waals surface area contributed by atoms with Crippen LogP contribution in [0, 0.1) is 25.1 Å². The molecule has 4 heteroatoms. The lowest BCUT2D eigenvalue weighted by Crippen LogP contribution is -2.28. The summed E-state index contributed by atoms with van der Waals surface area (Å²) in [6.45, 7) is 1.73. The number of benzene rings is 1. The average molecular weight is 221 g/mol. The van der Waals surface area contributed by atoms with Crippen LogP contribution in [-0.2, 0) is 4.79 Å². The predicted molar refractivity (Wildman–Crippen MR) is 58.3 cm³/mol. The van der Waals surface area contributed by atoms with E-state index in [1.165, 1.54) is 18.2 Å². The predicted octanol–water partition coefficient (Wildman–Crippen LogP) is 1.48. The zero-order valence-electron chi connectivity index (χ0n) is 8.83. The fraction of sp³-hybridized carbons (Fsp3) is 0.250. The van der Waals surface area contributed by atoms with E-state index < -0.39 is 12.0 Å². The molecule has 0 aliphatic heterocycles. The Kier molecular flexibility index (Phi) is 4.03. The molecule has 0 bridgehead atoms. The summed E-state index contributed by atoms with van der Waals surface area (Å²) in [6, 6.07) is 3.27. The van der Waals surface area contributed by atoms with E-state index >= 15 is 0 Å². The summed E-state index contributed by atoms with van der Waals surface area (Å²) < 4.78 is 13.0. The molecule has 0 heterocycles. The summed E-state index contributed by atoms with van der Waals surface area (Å²) in [7, 11) is 0. The van der Waals surface area contributed by atoms with E-state index in [1.54, 1.807) is 6.92 Å². The summed E-state index contributed by atoms with van der Waals surface area (Å²) in [6.07, 6.45) is 5.04. The Balaban J connectivity index is 2.97. The maximum atomic E-state index is 13.0. The fourth-order valence-corrected chi connectivity index (χ4v) is 1.36. The normalized spacial score (nSPS) is 11.8. The van der Waals surface area contributed by atoms with Gasteiger partial charge in [-0.3, -0.25) is 10.1 Å². The van der Waals surface area contributed by atoms with Crippen molar-refractivity contribution in [3.05, 3.63) is 35.1 Å². The van der Waals surface area contributed by atoms with Crippen molar-refractivity contribution < 1.29 is 14.3 Å². The largest absolute Gasteiger partial charge is 0.480 e. The highest BCUT2D eigenvalue weighted by Gasteiger charge is 2.19. The number of carboxylic acid groups (broad SMARTS) is 1. The third-order valence-corrected chi connectivity index (χ3v) is 2.17. The number of aryl methyl sites for hydroxylation is 1. The van der Waals surface area contributed by atoms with Gasteiger partial charge >= 0.3 is 5.97 Å². The summed E-state index contributed by atoms with van der Waals surface area (Å²) in [5.41, 5.74) is 0.896. The number of rotatable bonds is 4. The van der Waals surface area contributed by atoms with E-state index in [-0.39, 0.29) is 12.4 Å². The van der Waals surface area contributed by atoms with Gasteiger partial charge < -0.3 is 5.11 Å². The van der Waals surface area contributed by atoms with Crippen LogP contribution in [0.4, 0.5) is 4.39 Å². The summed E-state index contributed by atoms with van der Waals surface area (Å²) >= 11 is 0. The molecular weight excluding hydrogens is 209 g/mol. The van der Waals surface area contributed by atoms with Gasteiger partial charge in [0.15, 0.2) is 0 Å². The summed E-state index contributed by atoms with van der Waals surface area (Å²) in [5, 5.41) is 11.7. The highest BCUT2D eigenvalue weighted by Crippen LogP contribution is 2.16. The molecule has 0 saturated carbocycles. The Bertz CT molecular complexity index is 437. The Labute approximate surface area is 93.3 Å². The van der Waals surface area contributed by atoms with Gasteiger partial charge in [0.1, 0.15) is 11.9 Å². The number of carbonyl (C=O) groups is 1. The second-order valence-electron chi connectivity index (χ2n) is 3.36. The third kappa shape index (κ3) is 2.81. The van der Waals surface area contributed by atoms with Crippen molar-refractivity contribution in [1.29, 1.82) is 0 Å². The lowest BCUT2D eigenvalue weighted by Gasteiger charge is -2.13. The van der Waals surface area contributed by atoms with Gasteiger partial charge in [-0.25, -0.2) is 4.39 Å². The highest BCUT2D eigenvalue weighted by atomic mass is 19.1. The first-order valence-electron chi connectivity index (χ1n) is 4.72. The van der Waals surface area contributed by atoms with Crippen molar-refractivity contribution in [3.8, 4) is 12.3 Å². The lowest BCUT2D eigenvalue weighted by molar-refractivity contribution is -0.139. The zero-order valence-corrected chi connectivity index (χ0v) is 8.83. The summed E-state index contributed by atoms with van der Waals surface area (Å²) in [4.78, 5) is 11.0. The van der Waals surface area contributed by atoms with E-state index in [0.717, 1.165) is 0 Å². The van der Waals surface area contributed by atoms with Crippen molar-refractivity contribution in [2.24, 2.45) is 0 Å². The molecule has 0 amide bonds. The first kappa shape index (κ1) is 12.2. The molecule has 16 heavy (non-hydrogen) atoms. The molecule has 1 atom stereocenters. The number of hydrogen-bond donors (Lipinski definition) is 2. The molecule has 0 saturated heterocycles. The van der Waals surface area contributed by atoms with Gasteiger partial charge in [0.2, 0.25) is 0 Å². The maximum absolute atomic E-state index is 13.0. The lowest BCUT2D eigenvalue weighted by atomic mass is 10.0. The molecule has 0 spiro atoms. The average Bonchev–Trinajstić information content (AvgIpc) is 2.23. The molecule has 1 unspecified atom stereocenters. The van der Waals surface area contributed by atoms with Crippen molar-refractivity contribution in [2.45, 2.75) is 13.0 Å². The van der Waals surface area contributed by atoms with Gasteiger partial charge in [0.05, 0.1) is 6.54 Å². The molecule has 0 fully saturated rings. The van der Waals surface area contributed by atoms with Crippen LogP contribution >= 0.6 is 0 Å². The van der Waals surface area contributed by atoms with E-state index in [2.05, 4.69) is 11.2 Å². The van der Waals surface area contributed by atoms with Crippen molar-refractivity contribution >= 4 is 5.97 Å². The minimum Gasteiger partial charge on any atom is -0.480 e. The van der Waals surface area contributed by atoms with Crippen LogP contribution in [0.25, 0.3) is 0 Å². The van der Waals surface area contributed by atoms with E-state index in [0.29, 0.717) is 11.1 Å². The van der Waals surface area contributed by atoms with Gasteiger partial charge in [-0.2, -0.15) is 0 Å². The Morgan fingerprint density at radius 2 is 2.38 bits per heavy atom. The van der Waals surface area contributed by atoms with Crippen LogP contribution in [0.15, 0.2) is 18.2 Å². The van der Waals surface area contributed by atoms with Crippen molar-refractivity contribution in [3.63, 3.8) is 0 Å². The van der Waals surface area contributed by atoms with Gasteiger partial charge in [0.25, 0.3) is 0 Å². The molecule has 1 aromatic carbocycles. The summed E-state index contributed by atoms with van der Waals surface area (Å²) in [5.74, 6) is 0.903. The van der Waals surface area contributed by atoms with Crippen LogP contribution in [0.2, 0.25) is 0 Å². The van der Waals surface area contributed by atoms with E-state index in [4.69, 9.17) is 11.5 Å². The highest BCUT2D eigenvalue weighted by molar-refractivity contribution is 5.75. The monoisotopic (exact) mass is 221 g/mol. The fourth-order valence-electron chi connectivity index (χ4n) is 1.36. The van der Waals surface area contributed by atoms with Crippen LogP contribution < -0.4 is 5.32 Å². The Morgan fingerprint density at radius 3 is 2.88 bits per heavy atom. The molecule has 0 aromatic heterocycles. The van der Waals surface area contributed by atoms with Crippen LogP contribution in [0.3, 0.4) is 0 Å². The topological polar surface area (TPSA) is 49.3 Å². The first-order valence-corrected chi connectivity index (χ1v) is 4.72. The molecule has 0 aliphatic carbocycles. The second kappa shape index (κ2) is 5.29. The standard InChI is InChI=1S/C12H12FNO2/c1-3-6-14-11(12(15)16)9-4-5-10(13)8(2)7-9/h1,4-5,7,11,14H,6H2,2H3,(H,15,16). The smallest absolute Gasteiger partial charge is 0.325 e. The minimum atomic E-state index is -1.04.